The summed E-state index contributed by atoms with van der Waals surface area (Å²) in [6, 6.07) is 9.02. The molecule has 1 atom stereocenters. The quantitative estimate of drug-likeness (QED) is 0.568. The molecule has 10 heteroatoms. The topological polar surface area (TPSA) is 126 Å². The molecule has 0 bridgehead atoms. The van der Waals surface area contributed by atoms with E-state index in [0.29, 0.717) is 6.42 Å². The average molecular weight is 349 g/mol. The molecule has 7 nitrogen and oxygen atoms in total. The minimum Gasteiger partial charge on any atom is -0.542 e. The van der Waals surface area contributed by atoms with Crippen molar-refractivity contribution in [2.24, 2.45) is 0 Å². The molecular weight excluding hydrogens is 331 g/mol. The number of carbonyl (C=O) groups is 3. The number of carboxylic acids is 1. The van der Waals surface area contributed by atoms with Gasteiger partial charge in [0.05, 0.1) is 0 Å². The smallest absolute Gasteiger partial charge is 0.430 e. The van der Waals surface area contributed by atoms with Crippen LogP contribution in [0.2, 0.25) is 0 Å². The van der Waals surface area contributed by atoms with Gasteiger partial charge in [0.25, 0.3) is 5.91 Å². The lowest BCUT2D eigenvalue weighted by molar-refractivity contribution is -0.355. The molecule has 0 radical (unpaired) electrons. The zero-order valence-corrected chi connectivity index (χ0v) is 12.9. The zero-order valence-electron chi connectivity index (χ0n) is 12.9. The molecule has 0 saturated heterocycles. The Kier molecular flexibility index (Phi) is 9.10. The Morgan fingerprint density at radius 3 is 2.08 bits per heavy atom. The Hall–Kier alpha value is -2.62. The Labute approximate surface area is 136 Å². The molecule has 0 saturated carbocycles. The SMILES string of the molecule is CNC(=O)[C@@H](Cc1ccccc1)NC(=O)C[NH3+].O=C([O-])C(F)(F)F. The number of hydrogen-bond donors (Lipinski definition) is 3. The van der Waals surface area contributed by atoms with Gasteiger partial charge in [-0.25, -0.2) is 0 Å². The van der Waals surface area contributed by atoms with Crippen LogP contribution < -0.4 is 21.5 Å². The number of aliphatic carboxylic acids is 1. The van der Waals surface area contributed by atoms with Crippen LogP contribution in [0.25, 0.3) is 0 Å². The fourth-order valence-electron chi connectivity index (χ4n) is 1.50. The maximum atomic E-state index is 11.6. The Balaban J connectivity index is 0.000000640. The van der Waals surface area contributed by atoms with E-state index in [2.05, 4.69) is 16.4 Å². The van der Waals surface area contributed by atoms with E-state index < -0.39 is 18.2 Å². The van der Waals surface area contributed by atoms with Crippen LogP contribution in [0.15, 0.2) is 30.3 Å². The predicted molar refractivity (Wildman–Crippen MR) is 75.0 cm³/mol. The van der Waals surface area contributed by atoms with Crippen molar-refractivity contribution in [2.75, 3.05) is 13.6 Å². The fourth-order valence-corrected chi connectivity index (χ4v) is 1.50. The van der Waals surface area contributed by atoms with E-state index in [4.69, 9.17) is 9.90 Å². The van der Waals surface area contributed by atoms with Crippen molar-refractivity contribution < 1.29 is 38.4 Å². The minimum atomic E-state index is -5.19. The highest BCUT2D eigenvalue weighted by atomic mass is 19.4. The first-order valence-electron chi connectivity index (χ1n) is 6.74. The lowest BCUT2D eigenvalue weighted by Crippen LogP contribution is -2.60. The number of benzene rings is 1. The van der Waals surface area contributed by atoms with Gasteiger partial charge in [-0.1, -0.05) is 30.3 Å². The van der Waals surface area contributed by atoms with E-state index in [1.807, 2.05) is 30.3 Å². The Morgan fingerprint density at radius 2 is 1.71 bits per heavy atom. The van der Waals surface area contributed by atoms with Crippen molar-refractivity contribution in [1.82, 2.24) is 10.6 Å². The monoisotopic (exact) mass is 349 g/mol. The van der Waals surface area contributed by atoms with E-state index in [1.165, 1.54) is 0 Å². The fraction of sp³-hybridized carbons (Fsp3) is 0.357. The maximum Gasteiger partial charge on any atom is 0.430 e. The van der Waals surface area contributed by atoms with Crippen LogP contribution in [0.4, 0.5) is 13.2 Å². The summed E-state index contributed by atoms with van der Waals surface area (Å²) in [6.45, 7) is 0.127. The number of nitrogens with one attached hydrogen (secondary N) is 2. The third-order valence-electron chi connectivity index (χ3n) is 2.64. The van der Waals surface area contributed by atoms with E-state index in [0.717, 1.165) is 5.56 Å². The van der Waals surface area contributed by atoms with Gasteiger partial charge in [-0.15, -0.1) is 0 Å². The second-order valence-electron chi connectivity index (χ2n) is 4.46. The molecular formula is C14H18F3N3O4. The summed E-state index contributed by atoms with van der Waals surface area (Å²) in [5.41, 5.74) is 4.49. The average Bonchev–Trinajstić information content (AvgIpc) is 2.54. The number of carbonyl (C=O) groups excluding carboxylic acids is 3. The highest BCUT2D eigenvalue weighted by Gasteiger charge is 2.28. The predicted octanol–water partition coefficient (Wildman–Crippen LogP) is -2.00. The Morgan fingerprint density at radius 1 is 1.21 bits per heavy atom. The molecule has 1 aromatic rings. The van der Waals surface area contributed by atoms with Crippen LogP contribution in [0, 0.1) is 0 Å². The summed E-state index contributed by atoms with van der Waals surface area (Å²) in [5, 5.41) is 14.0. The molecule has 0 spiro atoms. The van der Waals surface area contributed by atoms with Gasteiger partial charge in [0.15, 0.2) is 6.54 Å². The number of quaternary nitrogens is 1. The van der Waals surface area contributed by atoms with Gasteiger partial charge in [0, 0.05) is 13.5 Å². The molecule has 0 aliphatic rings. The van der Waals surface area contributed by atoms with Gasteiger partial charge in [-0.3, -0.25) is 9.59 Å². The van der Waals surface area contributed by atoms with Gasteiger partial charge in [-0.2, -0.15) is 13.2 Å². The van der Waals surface area contributed by atoms with Crippen molar-refractivity contribution in [3.05, 3.63) is 35.9 Å². The third kappa shape index (κ3) is 8.73. The molecule has 134 valence electrons. The van der Waals surface area contributed by atoms with E-state index in [1.54, 1.807) is 7.05 Å². The molecule has 0 fully saturated rings. The number of carboxylic acid groups (broad SMARTS) is 1. The van der Waals surface area contributed by atoms with Crippen LogP contribution in [0.1, 0.15) is 5.56 Å². The maximum absolute atomic E-state index is 11.6. The third-order valence-corrected chi connectivity index (χ3v) is 2.64. The first kappa shape index (κ1) is 21.4. The molecule has 2 amide bonds. The van der Waals surface area contributed by atoms with Crippen molar-refractivity contribution in [3.8, 4) is 0 Å². The highest BCUT2D eigenvalue weighted by molar-refractivity contribution is 5.87. The molecule has 1 aromatic carbocycles. The zero-order chi connectivity index (χ0) is 18.8. The molecule has 0 aliphatic heterocycles. The second-order valence-corrected chi connectivity index (χ2v) is 4.46. The molecule has 24 heavy (non-hydrogen) atoms. The van der Waals surface area contributed by atoms with Gasteiger partial charge in [0.1, 0.15) is 12.0 Å². The van der Waals surface area contributed by atoms with Crippen LogP contribution in [-0.4, -0.2) is 43.6 Å². The van der Waals surface area contributed by atoms with Crippen molar-refractivity contribution in [1.29, 1.82) is 0 Å². The van der Waals surface area contributed by atoms with Crippen molar-refractivity contribution in [3.63, 3.8) is 0 Å². The molecule has 0 heterocycles. The summed E-state index contributed by atoms with van der Waals surface area (Å²) < 4.78 is 31.5. The summed E-state index contributed by atoms with van der Waals surface area (Å²) in [5.74, 6) is -3.43. The number of amides is 2. The first-order valence-corrected chi connectivity index (χ1v) is 6.74. The molecule has 0 unspecified atom stereocenters. The number of rotatable bonds is 5. The van der Waals surface area contributed by atoms with Crippen molar-refractivity contribution >= 4 is 17.8 Å². The van der Waals surface area contributed by atoms with Crippen LogP contribution in [-0.2, 0) is 20.8 Å². The van der Waals surface area contributed by atoms with Crippen LogP contribution in [0.5, 0.6) is 0 Å². The minimum absolute atomic E-state index is 0.127. The van der Waals surface area contributed by atoms with Gasteiger partial charge >= 0.3 is 6.18 Å². The molecule has 0 aliphatic carbocycles. The molecule has 5 N–H and O–H groups in total. The second kappa shape index (κ2) is 10.2. The standard InChI is InChI=1S/C12H17N3O2.C2HF3O2/c1-14-12(17)10(15-11(16)8-13)7-9-5-3-2-4-6-9;3-2(4,5)1(6)7/h2-6,10H,7-8,13H2,1H3,(H,14,17)(H,15,16);(H,6,7)/t10-;/m1./s1. The lowest BCUT2D eigenvalue weighted by atomic mass is 10.1. The lowest BCUT2D eigenvalue weighted by Gasteiger charge is -2.16. The van der Waals surface area contributed by atoms with Crippen LogP contribution in [0.3, 0.4) is 0 Å². The number of likely N-dealkylation sites (N-methyl/N-ethyl adjacent to an activating group) is 1. The number of alkyl halides is 3. The number of halogens is 3. The van der Waals surface area contributed by atoms with E-state index in [9.17, 15) is 22.8 Å². The van der Waals surface area contributed by atoms with Gasteiger partial charge in [-0.05, 0) is 5.56 Å². The summed E-state index contributed by atoms with van der Waals surface area (Å²) in [7, 11) is 1.55. The number of hydrogen-bond acceptors (Lipinski definition) is 4. The van der Waals surface area contributed by atoms with Gasteiger partial charge in [0.2, 0.25) is 5.91 Å². The molecule has 1 rings (SSSR count). The highest BCUT2D eigenvalue weighted by Crippen LogP contribution is 2.11. The first-order chi connectivity index (χ1) is 11.1. The van der Waals surface area contributed by atoms with Gasteiger partial charge < -0.3 is 26.3 Å². The summed E-state index contributed by atoms with van der Waals surface area (Å²) in [6.07, 6.45) is -4.72. The normalized spacial score (nSPS) is 11.5. The Bertz CT molecular complexity index is 550. The van der Waals surface area contributed by atoms with Crippen molar-refractivity contribution in [2.45, 2.75) is 18.6 Å². The summed E-state index contributed by atoms with van der Waals surface area (Å²) in [4.78, 5) is 31.7. The summed E-state index contributed by atoms with van der Waals surface area (Å²) >= 11 is 0. The van der Waals surface area contributed by atoms with E-state index in [-0.39, 0.29) is 18.4 Å². The van der Waals surface area contributed by atoms with Crippen LogP contribution >= 0.6 is 0 Å². The largest absolute Gasteiger partial charge is 0.542 e. The molecule has 0 aromatic heterocycles. The van der Waals surface area contributed by atoms with E-state index >= 15 is 0 Å².